The van der Waals surface area contributed by atoms with Crippen LogP contribution in [-0.2, 0) is 6.42 Å². The maximum atomic E-state index is 9.79. The standard InChI is InChI=1S/C14H22O2/c1-3-5-8-12-13(15)9-7-10-14(12)16-11-6-4-2/h7,9-10,15H,3-6,8,11H2,1-2H3. The van der Waals surface area contributed by atoms with Crippen LogP contribution in [0.25, 0.3) is 0 Å². The third-order valence-electron chi connectivity index (χ3n) is 2.64. The molecular formula is C14H22O2. The van der Waals surface area contributed by atoms with Crippen molar-refractivity contribution >= 4 is 0 Å². The van der Waals surface area contributed by atoms with Crippen molar-refractivity contribution in [2.75, 3.05) is 6.61 Å². The van der Waals surface area contributed by atoms with Gasteiger partial charge in [-0.15, -0.1) is 0 Å². The van der Waals surface area contributed by atoms with Gasteiger partial charge in [0.1, 0.15) is 11.5 Å². The van der Waals surface area contributed by atoms with Gasteiger partial charge < -0.3 is 9.84 Å². The maximum Gasteiger partial charge on any atom is 0.126 e. The van der Waals surface area contributed by atoms with Crippen LogP contribution in [0.3, 0.4) is 0 Å². The molecule has 1 N–H and O–H groups in total. The largest absolute Gasteiger partial charge is 0.508 e. The molecule has 0 radical (unpaired) electrons. The van der Waals surface area contributed by atoms with E-state index in [1.54, 1.807) is 6.07 Å². The quantitative estimate of drug-likeness (QED) is 0.709. The van der Waals surface area contributed by atoms with E-state index in [0.717, 1.165) is 50.0 Å². The average molecular weight is 222 g/mol. The normalized spacial score (nSPS) is 10.4. The second kappa shape index (κ2) is 7.15. The van der Waals surface area contributed by atoms with Crippen molar-refractivity contribution in [2.24, 2.45) is 0 Å². The van der Waals surface area contributed by atoms with Crippen LogP contribution in [0, 0.1) is 0 Å². The van der Waals surface area contributed by atoms with Gasteiger partial charge in [-0.05, 0) is 31.4 Å². The third-order valence-corrected chi connectivity index (χ3v) is 2.64. The number of aromatic hydroxyl groups is 1. The summed E-state index contributed by atoms with van der Waals surface area (Å²) in [5.41, 5.74) is 0.959. The van der Waals surface area contributed by atoms with Crippen LogP contribution in [0.5, 0.6) is 11.5 Å². The van der Waals surface area contributed by atoms with E-state index in [0.29, 0.717) is 5.75 Å². The number of rotatable bonds is 7. The number of hydrogen-bond donors (Lipinski definition) is 1. The van der Waals surface area contributed by atoms with Crippen molar-refractivity contribution in [1.29, 1.82) is 0 Å². The molecule has 0 aromatic heterocycles. The van der Waals surface area contributed by atoms with Crippen molar-refractivity contribution in [3.8, 4) is 11.5 Å². The average Bonchev–Trinajstić information content (AvgIpc) is 2.28. The minimum Gasteiger partial charge on any atom is -0.508 e. The van der Waals surface area contributed by atoms with Gasteiger partial charge in [0.25, 0.3) is 0 Å². The van der Waals surface area contributed by atoms with Crippen LogP contribution in [0.2, 0.25) is 0 Å². The lowest BCUT2D eigenvalue weighted by atomic mass is 10.1. The van der Waals surface area contributed by atoms with Crippen LogP contribution >= 0.6 is 0 Å². The molecule has 90 valence electrons. The molecule has 0 amide bonds. The Kier molecular flexibility index (Phi) is 5.76. The van der Waals surface area contributed by atoms with Crippen molar-refractivity contribution in [3.63, 3.8) is 0 Å². The number of phenolic OH excluding ortho intramolecular Hbond substituents is 1. The number of benzene rings is 1. The lowest BCUT2D eigenvalue weighted by Crippen LogP contribution is -2.00. The van der Waals surface area contributed by atoms with Gasteiger partial charge in [0, 0.05) is 5.56 Å². The van der Waals surface area contributed by atoms with Gasteiger partial charge in [0.2, 0.25) is 0 Å². The fourth-order valence-electron chi connectivity index (χ4n) is 1.62. The van der Waals surface area contributed by atoms with E-state index in [1.807, 2.05) is 12.1 Å². The van der Waals surface area contributed by atoms with Gasteiger partial charge >= 0.3 is 0 Å². The summed E-state index contributed by atoms with van der Waals surface area (Å²) in [4.78, 5) is 0. The summed E-state index contributed by atoms with van der Waals surface area (Å²) in [5, 5.41) is 9.79. The first-order chi connectivity index (χ1) is 7.79. The monoisotopic (exact) mass is 222 g/mol. The Hall–Kier alpha value is -1.18. The van der Waals surface area contributed by atoms with Gasteiger partial charge in [0.15, 0.2) is 0 Å². The molecule has 16 heavy (non-hydrogen) atoms. The lowest BCUT2D eigenvalue weighted by Gasteiger charge is -2.12. The highest BCUT2D eigenvalue weighted by Crippen LogP contribution is 2.29. The van der Waals surface area contributed by atoms with E-state index in [4.69, 9.17) is 4.74 Å². The number of phenols is 1. The highest BCUT2D eigenvalue weighted by atomic mass is 16.5. The van der Waals surface area contributed by atoms with Crippen LogP contribution in [0.15, 0.2) is 18.2 Å². The minimum absolute atomic E-state index is 0.363. The van der Waals surface area contributed by atoms with Crippen LogP contribution in [-0.4, -0.2) is 11.7 Å². The minimum atomic E-state index is 0.363. The first-order valence-electron chi connectivity index (χ1n) is 6.23. The van der Waals surface area contributed by atoms with Crippen molar-refractivity contribution in [3.05, 3.63) is 23.8 Å². The van der Waals surface area contributed by atoms with E-state index in [2.05, 4.69) is 13.8 Å². The molecule has 2 heteroatoms. The van der Waals surface area contributed by atoms with E-state index in [9.17, 15) is 5.11 Å². The summed E-state index contributed by atoms with van der Waals surface area (Å²) in [7, 11) is 0. The summed E-state index contributed by atoms with van der Waals surface area (Å²) in [6.45, 7) is 5.03. The van der Waals surface area contributed by atoms with Gasteiger partial charge in [-0.2, -0.15) is 0 Å². The third kappa shape index (κ3) is 3.76. The molecule has 0 aliphatic heterocycles. The van der Waals surface area contributed by atoms with Gasteiger partial charge in [-0.25, -0.2) is 0 Å². The number of unbranched alkanes of at least 4 members (excludes halogenated alkanes) is 2. The maximum absolute atomic E-state index is 9.79. The molecule has 0 saturated heterocycles. The van der Waals surface area contributed by atoms with Crippen LogP contribution in [0.4, 0.5) is 0 Å². The van der Waals surface area contributed by atoms with E-state index in [-0.39, 0.29) is 0 Å². The van der Waals surface area contributed by atoms with E-state index in [1.165, 1.54) is 0 Å². The summed E-state index contributed by atoms with van der Waals surface area (Å²) >= 11 is 0. The molecule has 0 saturated carbocycles. The highest BCUT2D eigenvalue weighted by molar-refractivity contribution is 5.43. The molecule has 0 aliphatic carbocycles. The number of ether oxygens (including phenoxy) is 1. The zero-order valence-corrected chi connectivity index (χ0v) is 10.3. The van der Waals surface area contributed by atoms with Gasteiger partial charge in [-0.3, -0.25) is 0 Å². The fraction of sp³-hybridized carbons (Fsp3) is 0.571. The van der Waals surface area contributed by atoms with E-state index < -0.39 is 0 Å². The molecule has 0 atom stereocenters. The Labute approximate surface area is 98.3 Å². The Balaban J connectivity index is 2.68. The van der Waals surface area contributed by atoms with Crippen LogP contribution in [0.1, 0.15) is 45.1 Å². The molecule has 0 unspecified atom stereocenters. The fourth-order valence-corrected chi connectivity index (χ4v) is 1.62. The summed E-state index contributed by atoms with van der Waals surface area (Å²) in [5.74, 6) is 1.21. The van der Waals surface area contributed by atoms with Crippen molar-refractivity contribution < 1.29 is 9.84 Å². The molecule has 0 aliphatic rings. The molecule has 1 aromatic carbocycles. The number of hydrogen-bond acceptors (Lipinski definition) is 2. The molecule has 0 heterocycles. The Morgan fingerprint density at radius 1 is 1.12 bits per heavy atom. The first-order valence-corrected chi connectivity index (χ1v) is 6.23. The zero-order chi connectivity index (χ0) is 11.8. The molecule has 0 fully saturated rings. The van der Waals surface area contributed by atoms with Crippen molar-refractivity contribution in [2.45, 2.75) is 46.0 Å². The molecule has 2 nitrogen and oxygen atoms in total. The van der Waals surface area contributed by atoms with Gasteiger partial charge in [-0.1, -0.05) is 32.8 Å². The second-order valence-corrected chi connectivity index (χ2v) is 4.06. The topological polar surface area (TPSA) is 29.5 Å². The Morgan fingerprint density at radius 3 is 2.56 bits per heavy atom. The summed E-state index contributed by atoms with van der Waals surface area (Å²) in [6, 6.07) is 5.52. The zero-order valence-electron chi connectivity index (χ0n) is 10.3. The molecular weight excluding hydrogens is 200 g/mol. The predicted octanol–water partition coefficient (Wildman–Crippen LogP) is 3.91. The Morgan fingerprint density at radius 2 is 1.88 bits per heavy atom. The summed E-state index contributed by atoms with van der Waals surface area (Å²) < 4.78 is 5.70. The second-order valence-electron chi connectivity index (χ2n) is 4.06. The Bertz CT molecular complexity index is 308. The molecule has 1 rings (SSSR count). The SMILES string of the molecule is CCCCOc1cccc(O)c1CCCC. The van der Waals surface area contributed by atoms with Gasteiger partial charge in [0.05, 0.1) is 6.61 Å². The molecule has 0 spiro atoms. The predicted molar refractivity (Wildman–Crippen MR) is 67.1 cm³/mol. The summed E-state index contributed by atoms with van der Waals surface area (Å²) in [6.07, 6.45) is 5.29. The lowest BCUT2D eigenvalue weighted by molar-refractivity contribution is 0.303. The smallest absolute Gasteiger partial charge is 0.126 e. The molecule has 0 bridgehead atoms. The highest BCUT2D eigenvalue weighted by Gasteiger charge is 2.07. The first kappa shape index (κ1) is 12.9. The van der Waals surface area contributed by atoms with Crippen LogP contribution < -0.4 is 4.74 Å². The molecule has 1 aromatic rings. The van der Waals surface area contributed by atoms with Crippen molar-refractivity contribution in [1.82, 2.24) is 0 Å². The van der Waals surface area contributed by atoms with E-state index >= 15 is 0 Å².